The van der Waals surface area contributed by atoms with Gasteiger partial charge in [0.25, 0.3) is 5.91 Å². The van der Waals surface area contributed by atoms with E-state index < -0.39 is 0 Å². The maximum atomic E-state index is 11.8. The molecule has 1 aromatic heterocycles. The van der Waals surface area contributed by atoms with Gasteiger partial charge in [-0.2, -0.15) is 0 Å². The average Bonchev–Trinajstić information content (AvgIpc) is 2.30. The molecular formula is C13H20N2O. The Kier molecular flexibility index (Phi) is 4.96. The predicted octanol–water partition coefficient (Wildman–Crippen LogP) is 2.56. The van der Waals surface area contributed by atoms with Crippen molar-refractivity contribution < 1.29 is 4.79 Å². The van der Waals surface area contributed by atoms with Gasteiger partial charge in [0.2, 0.25) is 0 Å². The molecule has 0 spiro atoms. The van der Waals surface area contributed by atoms with E-state index in [-0.39, 0.29) is 5.91 Å². The molecule has 88 valence electrons. The van der Waals surface area contributed by atoms with E-state index >= 15 is 0 Å². The van der Waals surface area contributed by atoms with Gasteiger partial charge in [-0.1, -0.05) is 26.7 Å². The molecule has 0 saturated heterocycles. The highest BCUT2D eigenvalue weighted by atomic mass is 16.1. The van der Waals surface area contributed by atoms with E-state index in [4.69, 9.17) is 0 Å². The Labute approximate surface area is 97.3 Å². The quantitative estimate of drug-likeness (QED) is 0.828. The van der Waals surface area contributed by atoms with E-state index in [1.165, 1.54) is 0 Å². The number of nitrogens with zero attached hydrogens (tertiary/aromatic N) is 1. The molecule has 0 bridgehead atoms. The molecule has 0 aliphatic rings. The summed E-state index contributed by atoms with van der Waals surface area (Å²) >= 11 is 0. The van der Waals surface area contributed by atoms with E-state index in [0.717, 1.165) is 24.9 Å². The summed E-state index contributed by atoms with van der Waals surface area (Å²) in [6.45, 7) is 6.98. The number of carbonyl (C=O) groups excluding carboxylic acids is 1. The fourth-order valence-corrected chi connectivity index (χ4v) is 1.60. The first-order chi connectivity index (χ1) is 7.67. The maximum absolute atomic E-state index is 11.8. The summed E-state index contributed by atoms with van der Waals surface area (Å²) in [6, 6.07) is 1.86. The van der Waals surface area contributed by atoms with E-state index in [1.54, 1.807) is 12.4 Å². The minimum absolute atomic E-state index is 0.0249. The van der Waals surface area contributed by atoms with Crippen molar-refractivity contribution in [1.29, 1.82) is 0 Å². The number of carbonyl (C=O) groups is 1. The molecule has 1 N–H and O–H groups in total. The second-order valence-electron chi connectivity index (χ2n) is 4.14. The second kappa shape index (κ2) is 6.26. The lowest BCUT2D eigenvalue weighted by atomic mass is 10.0. The molecule has 16 heavy (non-hydrogen) atoms. The van der Waals surface area contributed by atoms with Crippen LogP contribution >= 0.6 is 0 Å². The van der Waals surface area contributed by atoms with Crippen LogP contribution in [0.3, 0.4) is 0 Å². The van der Waals surface area contributed by atoms with E-state index in [0.29, 0.717) is 11.5 Å². The molecule has 0 aromatic carbocycles. The summed E-state index contributed by atoms with van der Waals surface area (Å²) < 4.78 is 0. The van der Waals surface area contributed by atoms with Gasteiger partial charge in [-0.05, 0) is 24.5 Å². The molecule has 3 heteroatoms. The van der Waals surface area contributed by atoms with E-state index in [1.807, 2.05) is 13.0 Å². The van der Waals surface area contributed by atoms with Crippen molar-refractivity contribution in [3.63, 3.8) is 0 Å². The third-order valence-electron chi connectivity index (χ3n) is 2.84. The van der Waals surface area contributed by atoms with Gasteiger partial charge in [-0.25, -0.2) is 0 Å². The van der Waals surface area contributed by atoms with E-state index in [2.05, 4.69) is 24.1 Å². The monoisotopic (exact) mass is 220 g/mol. The molecule has 0 saturated carbocycles. The number of hydrogen-bond donors (Lipinski definition) is 1. The Bertz CT molecular complexity index is 346. The molecule has 3 nitrogen and oxygen atoms in total. The standard InChI is InChI=1S/C13H20N2O/c1-4-11(5-2)8-15-13(16)12-6-10(3)7-14-9-12/h6-7,9,11H,4-5,8H2,1-3H3,(H,15,16). The fourth-order valence-electron chi connectivity index (χ4n) is 1.60. The predicted molar refractivity (Wildman–Crippen MR) is 65.4 cm³/mol. The van der Waals surface area contributed by atoms with Crippen molar-refractivity contribution in [2.75, 3.05) is 6.54 Å². The zero-order valence-corrected chi connectivity index (χ0v) is 10.3. The largest absolute Gasteiger partial charge is 0.352 e. The molecule has 0 aliphatic carbocycles. The molecule has 1 heterocycles. The zero-order chi connectivity index (χ0) is 12.0. The van der Waals surface area contributed by atoms with Gasteiger partial charge < -0.3 is 5.32 Å². The Hall–Kier alpha value is -1.38. The highest BCUT2D eigenvalue weighted by Gasteiger charge is 2.08. The SMILES string of the molecule is CCC(CC)CNC(=O)c1cncc(C)c1. The Morgan fingerprint density at radius 1 is 1.38 bits per heavy atom. The molecule has 0 unspecified atom stereocenters. The van der Waals surface area contributed by atoms with Crippen LogP contribution in [0.1, 0.15) is 42.6 Å². The maximum Gasteiger partial charge on any atom is 0.252 e. The zero-order valence-electron chi connectivity index (χ0n) is 10.3. The van der Waals surface area contributed by atoms with Crippen LogP contribution in [0.2, 0.25) is 0 Å². The number of rotatable bonds is 5. The normalized spacial score (nSPS) is 10.5. The molecule has 0 aliphatic heterocycles. The lowest BCUT2D eigenvalue weighted by Gasteiger charge is -2.13. The van der Waals surface area contributed by atoms with Crippen molar-refractivity contribution in [3.8, 4) is 0 Å². The fraction of sp³-hybridized carbons (Fsp3) is 0.538. The number of hydrogen-bond acceptors (Lipinski definition) is 2. The minimum atomic E-state index is -0.0249. The molecule has 0 radical (unpaired) electrons. The highest BCUT2D eigenvalue weighted by molar-refractivity contribution is 5.93. The van der Waals surface area contributed by atoms with Crippen LogP contribution in [0.5, 0.6) is 0 Å². The summed E-state index contributed by atoms with van der Waals surface area (Å²) in [5.74, 6) is 0.546. The van der Waals surface area contributed by atoms with Crippen LogP contribution in [0.25, 0.3) is 0 Å². The number of amides is 1. The number of aromatic nitrogens is 1. The Morgan fingerprint density at radius 3 is 2.62 bits per heavy atom. The van der Waals surface area contributed by atoms with Crippen LogP contribution in [0.4, 0.5) is 0 Å². The topological polar surface area (TPSA) is 42.0 Å². The number of pyridine rings is 1. The van der Waals surface area contributed by atoms with Gasteiger partial charge in [0, 0.05) is 18.9 Å². The number of nitrogens with one attached hydrogen (secondary N) is 1. The molecule has 1 aromatic rings. The van der Waals surface area contributed by atoms with Gasteiger partial charge in [-0.3, -0.25) is 9.78 Å². The third kappa shape index (κ3) is 3.65. The summed E-state index contributed by atoms with van der Waals surface area (Å²) in [7, 11) is 0. The molecule has 1 rings (SSSR count). The van der Waals surface area contributed by atoms with Gasteiger partial charge in [0.15, 0.2) is 0 Å². The Balaban J connectivity index is 2.52. The minimum Gasteiger partial charge on any atom is -0.352 e. The summed E-state index contributed by atoms with van der Waals surface area (Å²) in [5.41, 5.74) is 1.65. The van der Waals surface area contributed by atoms with Gasteiger partial charge in [0.1, 0.15) is 0 Å². The Morgan fingerprint density at radius 2 is 2.06 bits per heavy atom. The van der Waals surface area contributed by atoms with Crippen LogP contribution in [0.15, 0.2) is 18.5 Å². The van der Waals surface area contributed by atoms with E-state index in [9.17, 15) is 4.79 Å². The molecule has 0 atom stereocenters. The number of aryl methyl sites for hydroxylation is 1. The van der Waals surface area contributed by atoms with Crippen LogP contribution in [-0.2, 0) is 0 Å². The van der Waals surface area contributed by atoms with Crippen molar-refractivity contribution in [1.82, 2.24) is 10.3 Å². The summed E-state index contributed by atoms with van der Waals surface area (Å²) in [4.78, 5) is 15.8. The van der Waals surface area contributed by atoms with Crippen molar-refractivity contribution in [3.05, 3.63) is 29.6 Å². The molecule has 0 fully saturated rings. The highest BCUT2D eigenvalue weighted by Crippen LogP contribution is 2.06. The summed E-state index contributed by atoms with van der Waals surface area (Å²) in [5, 5.41) is 2.95. The van der Waals surface area contributed by atoms with Crippen LogP contribution in [-0.4, -0.2) is 17.4 Å². The smallest absolute Gasteiger partial charge is 0.252 e. The molecular weight excluding hydrogens is 200 g/mol. The third-order valence-corrected chi connectivity index (χ3v) is 2.84. The summed E-state index contributed by atoms with van der Waals surface area (Å²) in [6.07, 6.45) is 5.55. The van der Waals surface area contributed by atoms with Crippen molar-refractivity contribution >= 4 is 5.91 Å². The van der Waals surface area contributed by atoms with Gasteiger partial charge in [-0.15, -0.1) is 0 Å². The first-order valence-corrected chi connectivity index (χ1v) is 5.87. The lowest BCUT2D eigenvalue weighted by Crippen LogP contribution is -2.29. The van der Waals surface area contributed by atoms with Gasteiger partial charge in [0.05, 0.1) is 5.56 Å². The average molecular weight is 220 g/mol. The lowest BCUT2D eigenvalue weighted by molar-refractivity contribution is 0.0946. The van der Waals surface area contributed by atoms with Crippen molar-refractivity contribution in [2.24, 2.45) is 5.92 Å². The van der Waals surface area contributed by atoms with Gasteiger partial charge >= 0.3 is 0 Å². The van der Waals surface area contributed by atoms with Crippen LogP contribution in [0, 0.1) is 12.8 Å². The first kappa shape index (κ1) is 12.7. The second-order valence-corrected chi connectivity index (χ2v) is 4.14. The first-order valence-electron chi connectivity index (χ1n) is 5.87. The van der Waals surface area contributed by atoms with Crippen LogP contribution < -0.4 is 5.32 Å². The van der Waals surface area contributed by atoms with Crippen molar-refractivity contribution in [2.45, 2.75) is 33.6 Å². The molecule has 1 amide bonds.